The van der Waals surface area contributed by atoms with Crippen molar-refractivity contribution in [1.29, 1.82) is 5.26 Å². The van der Waals surface area contributed by atoms with Crippen LogP contribution in [0.1, 0.15) is 25.7 Å². The molecular formula is C11H16N2O2S. The van der Waals surface area contributed by atoms with Gasteiger partial charge in [-0.05, 0) is 19.1 Å². The van der Waals surface area contributed by atoms with Crippen molar-refractivity contribution in [3.63, 3.8) is 0 Å². The molecule has 5 heteroatoms. The number of thioether (sulfide) groups is 1. The van der Waals surface area contributed by atoms with E-state index in [0.717, 1.165) is 12.8 Å². The monoisotopic (exact) mass is 240 g/mol. The van der Waals surface area contributed by atoms with Gasteiger partial charge < -0.3 is 10.1 Å². The Labute approximate surface area is 100 Å². The number of nitriles is 1. The Morgan fingerprint density at radius 2 is 2.12 bits per heavy atom. The van der Waals surface area contributed by atoms with Crippen molar-refractivity contribution < 1.29 is 9.53 Å². The van der Waals surface area contributed by atoms with Gasteiger partial charge in [-0.25, -0.2) is 4.79 Å². The average Bonchev–Trinajstić information content (AvgIpc) is 2.81. The van der Waals surface area contributed by atoms with Crippen LogP contribution in [-0.2, 0) is 9.53 Å². The zero-order valence-electron chi connectivity index (χ0n) is 9.58. The maximum absolute atomic E-state index is 11.4. The van der Waals surface area contributed by atoms with Crippen LogP contribution in [0, 0.1) is 11.3 Å². The van der Waals surface area contributed by atoms with E-state index in [2.05, 4.69) is 10.1 Å². The fourth-order valence-electron chi connectivity index (χ4n) is 1.78. The molecule has 0 aromatic carbocycles. The summed E-state index contributed by atoms with van der Waals surface area (Å²) in [6, 6.07) is 2.28. The van der Waals surface area contributed by atoms with Gasteiger partial charge in [0.2, 0.25) is 0 Å². The first-order chi connectivity index (χ1) is 7.72. The molecule has 1 saturated carbocycles. The van der Waals surface area contributed by atoms with Gasteiger partial charge in [0, 0.05) is 6.04 Å². The first kappa shape index (κ1) is 12.9. The number of carbonyl (C=O) groups excluding carboxylic acids is 1. The molecule has 0 amide bonds. The van der Waals surface area contributed by atoms with Crippen molar-refractivity contribution in [2.75, 3.05) is 13.4 Å². The summed E-state index contributed by atoms with van der Waals surface area (Å²) in [4.78, 5) is 11.4. The molecule has 0 heterocycles. The van der Waals surface area contributed by atoms with E-state index in [9.17, 15) is 4.79 Å². The Hall–Kier alpha value is -1.15. The molecule has 1 N–H and O–H groups in total. The lowest BCUT2D eigenvalue weighted by Crippen LogP contribution is -2.26. The van der Waals surface area contributed by atoms with Crippen LogP contribution in [0.3, 0.4) is 0 Å². The lowest BCUT2D eigenvalue weighted by atomic mass is 10.2. The van der Waals surface area contributed by atoms with Gasteiger partial charge in [-0.3, -0.25) is 0 Å². The van der Waals surface area contributed by atoms with Crippen LogP contribution in [-0.4, -0.2) is 25.4 Å². The summed E-state index contributed by atoms with van der Waals surface area (Å²) in [5.41, 5.74) is 0.0712. The molecule has 4 nitrogen and oxygen atoms in total. The topological polar surface area (TPSA) is 62.1 Å². The van der Waals surface area contributed by atoms with E-state index < -0.39 is 5.97 Å². The molecule has 0 saturated heterocycles. The second kappa shape index (κ2) is 6.44. The number of carbonyl (C=O) groups is 1. The molecule has 0 radical (unpaired) electrons. The standard InChI is InChI=1S/C11H16N2O2S/c1-15-11(14)9(7-12)10(16-2)13-8-5-3-4-6-8/h8,13H,3-6H2,1-2H3/b10-9-. The van der Waals surface area contributed by atoms with Crippen LogP contribution in [0.5, 0.6) is 0 Å². The number of hydrogen-bond acceptors (Lipinski definition) is 5. The van der Waals surface area contributed by atoms with Gasteiger partial charge in [0.15, 0.2) is 5.57 Å². The van der Waals surface area contributed by atoms with E-state index in [1.54, 1.807) is 0 Å². The van der Waals surface area contributed by atoms with Crippen molar-refractivity contribution in [3.8, 4) is 6.07 Å². The molecule has 16 heavy (non-hydrogen) atoms. The van der Waals surface area contributed by atoms with Crippen LogP contribution in [0.2, 0.25) is 0 Å². The summed E-state index contributed by atoms with van der Waals surface area (Å²) in [6.45, 7) is 0. The fourth-order valence-corrected chi connectivity index (χ4v) is 2.40. The van der Waals surface area contributed by atoms with Crippen molar-refractivity contribution in [2.45, 2.75) is 31.7 Å². The molecule has 1 aliphatic rings. The van der Waals surface area contributed by atoms with Crippen molar-refractivity contribution in [2.24, 2.45) is 0 Å². The highest BCUT2D eigenvalue weighted by Crippen LogP contribution is 2.23. The predicted octanol–water partition coefficient (Wildman–Crippen LogP) is 1.79. The molecule has 0 unspecified atom stereocenters. The first-order valence-corrected chi connectivity index (χ1v) is 6.48. The van der Waals surface area contributed by atoms with E-state index in [0.29, 0.717) is 11.1 Å². The van der Waals surface area contributed by atoms with Crippen LogP contribution >= 0.6 is 11.8 Å². The minimum Gasteiger partial charge on any atom is -0.465 e. The zero-order chi connectivity index (χ0) is 12.0. The normalized spacial score (nSPS) is 17.6. The Morgan fingerprint density at radius 1 is 1.50 bits per heavy atom. The first-order valence-electron chi connectivity index (χ1n) is 5.26. The van der Waals surface area contributed by atoms with E-state index >= 15 is 0 Å². The molecular weight excluding hydrogens is 224 g/mol. The van der Waals surface area contributed by atoms with Gasteiger partial charge in [-0.2, -0.15) is 5.26 Å². The van der Waals surface area contributed by atoms with E-state index in [1.165, 1.54) is 31.7 Å². The van der Waals surface area contributed by atoms with E-state index in [4.69, 9.17) is 5.26 Å². The zero-order valence-corrected chi connectivity index (χ0v) is 10.4. The lowest BCUT2D eigenvalue weighted by molar-refractivity contribution is -0.135. The molecule has 1 rings (SSSR count). The molecule has 1 fully saturated rings. The summed E-state index contributed by atoms with van der Waals surface area (Å²) in [6.07, 6.45) is 6.46. The quantitative estimate of drug-likeness (QED) is 0.461. The lowest BCUT2D eigenvalue weighted by Gasteiger charge is -2.15. The molecule has 0 bridgehead atoms. The number of hydrogen-bond donors (Lipinski definition) is 1. The summed E-state index contributed by atoms with van der Waals surface area (Å²) in [5, 5.41) is 12.8. The van der Waals surface area contributed by atoms with Crippen LogP contribution < -0.4 is 5.32 Å². The molecule has 1 aliphatic carbocycles. The van der Waals surface area contributed by atoms with E-state index in [1.807, 2.05) is 12.3 Å². The Morgan fingerprint density at radius 3 is 2.56 bits per heavy atom. The van der Waals surface area contributed by atoms with Crippen LogP contribution in [0.4, 0.5) is 0 Å². The van der Waals surface area contributed by atoms with Gasteiger partial charge in [-0.1, -0.05) is 12.8 Å². The highest BCUT2D eigenvalue weighted by atomic mass is 32.2. The molecule has 0 aromatic heterocycles. The average molecular weight is 240 g/mol. The van der Waals surface area contributed by atoms with Crippen molar-refractivity contribution in [1.82, 2.24) is 5.32 Å². The van der Waals surface area contributed by atoms with Crippen molar-refractivity contribution >= 4 is 17.7 Å². The summed E-state index contributed by atoms with van der Waals surface area (Å²) >= 11 is 1.38. The summed E-state index contributed by atoms with van der Waals surface area (Å²) in [5.74, 6) is -0.572. The third kappa shape index (κ3) is 3.17. The highest BCUT2D eigenvalue weighted by Gasteiger charge is 2.20. The Kier molecular flexibility index (Phi) is 5.20. The highest BCUT2D eigenvalue weighted by molar-refractivity contribution is 8.02. The number of nitrogens with one attached hydrogen (secondary N) is 1. The summed E-state index contributed by atoms with van der Waals surface area (Å²) in [7, 11) is 1.28. The number of esters is 1. The van der Waals surface area contributed by atoms with Gasteiger partial charge in [0.25, 0.3) is 0 Å². The predicted molar refractivity (Wildman–Crippen MR) is 63.6 cm³/mol. The maximum atomic E-state index is 11.4. The van der Waals surface area contributed by atoms with Crippen LogP contribution in [0.15, 0.2) is 10.6 Å². The SMILES string of the molecule is COC(=O)/C(C#N)=C(/NC1CCCC1)SC. The van der Waals surface area contributed by atoms with Gasteiger partial charge in [0.1, 0.15) is 6.07 Å². The number of methoxy groups -OCH3 is 1. The molecule has 88 valence electrons. The second-order valence-corrected chi connectivity index (χ2v) is 4.45. The largest absolute Gasteiger partial charge is 0.465 e. The third-order valence-corrected chi connectivity index (χ3v) is 3.35. The van der Waals surface area contributed by atoms with Gasteiger partial charge >= 0.3 is 5.97 Å². The smallest absolute Gasteiger partial charge is 0.351 e. The Bertz CT molecular complexity index is 327. The molecule has 0 aromatic rings. The third-order valence-electron chi connectivity index (χ3n) is 2.62. The fraction of sp³-hybridized carbons (Fsp3) is 0.636. The maximum Gasteiger partial charge on any atom is 0.351 e. The number of ether oxygens (including phenoxy) is 1. The second-order valence-electron chi connectivity index (χ2n) is 3.64. The molecule has 0 spiro atoms. The van der Waals surface area contributed by atoms with E-state index in [-0.39, 0.29) is 5.57 Å². The van der Waals surface area contributed by atoms with Crippen molar-refractivity contribution in [3.05, 3.63) is 10.6 Å². The van der Waals surface area contributed by atoms with Gasteiger partial charge in [-0.15, -0.1) is 11.8 Å². The minimum absolute atomic E-state index is 0.0712. The number of nitrogens with zero attached hydrogens (tertiary/aromatic N) is 1. The van der Waals surface area contributed by atoms with Crippen LogP contribution in [0.25, 0.3) is 0 Å². The van der Waals surface area contributed by atoms with Gasteiger partial charge in [0.05, 0.1) is 12.1 Å². The minimum atomic E-state index is -0.572. The number of rotatable bonds is 4. The molecule has 0 atom stereocenters. The summed E-state index contributed by atoms with van der Waals surface area (Å²) < 4.78 is 4.58. The Balaban J connectivity index is 2.79. The molecule has 0 aliphatic heterocycles.